The van der Waals surface area contributed by atoms with E-state index in [4.69, 9.17) is 0 Å². The first-order valence-corrected chi connectivity index (χ1v) is 5.26. The largest absolute Gasteiger partial charge is 0.483 e. The molecule has 0 aromatic heterocycles. The molecule has 0 bridgehead atoms. The molecule has 19 heavy (non-hydrogen) atoms. The average Bonchev–Trinajstić information content (AvgIpc) is 2.36. The third kappa shape index (κ3) is 3.97. The summed E-state index contributed by atoms with van der Waals surface area (Å²) in [6, 6.07) is 0.0754. The minimum Gasteiger partial charge on any atom is -0.483 e. The van der Waals surface area contributed by atoms with Crippen LogP contribution in [0.25, 0.3) is 0 Å². The smallest absolute Gasteiger partial charge is 0.330 e. The van der Waals surface area contributed by atoms with Crippen molar-refractivity contribution in [3.8, 4) is 5.75 Å². The number of carbonyl (C=O) groups is 1. The van der Waals surface area contributed by atoms with Gasteiger partial charge in [-0.3, -0.25) is 0 Å². The second kappa shape index (κ2) is 6.77. The lowest BCUT2D eigenvalue weighted by Crippen LogP contribution is -2.05. The highest BCUT2D eigenvalue weighted by atomic mass is 19.2. The van der Waals surface area contributed by atoms with Crippen LogP contribution in [0.3, 0.4) is 0 Å². The van der Waals surface area contributed by atoms with Crippen LogP contribution in [0.1, 0.15) is 6.92 Å². The lowest BCUT2D eigenvalue weighted by Gasteiger charge is -2.07. The number of ether oxygens (including phenoxy) is 2. The highest BCUT2D eigenvalue weighted by Crippen LogP contribution is 2.26. The Bertz CT molecular complexity index is 474. The fraction of sp³-hybridized carbons (Fsp3) is 0.250. The number of carbonyl (C=O) groups excluding carboxylic acids is 1. The Labute approximate surface area is 106 Å². The molecule has 0 spiro atoms. The summed E-state index contributed by atoms with van der Waals surface area (Å²) >= 11 is 0. The van der Waals surface area contributed by atoms with E-state index in [0.717, 1.165) is 12.2 Å². The fourth-order valence-corrected chi connectivity index (χ4v) is 1.14. The number of hydrogen-bond donors (Lipinski definition) is 0. The SMILES string of the molecule is CCOC(=O)/C=C/COc1c(F)c(F)cc(F)c1F. The van der Waals surface area contributed by atoms with Gasteiger partial charge in [0.2, 0.25) is 11.6 Å². The monoisotopic (exact) mass is 278 g/mol. The van der Waals surface area contributed by atoms with Gasteiger partial charge in [0.15, 0.2) is 17.4 Å². The molecule has 0 radical (unpaired) electrons. The first-order valence-electron chi connectivity index (χ1n) is 5.26. The molecule has 0 aliphatic carbocycles. The van der Waals surface area contributed by atoms with Crippen LogP contribution in [0, 0.1) is 23.3 Å². The van der Waals surface area contributed by atoms with Gasteiger partial charge < -0.3 is 9.47 Å². The van der Waals surface area contributed by atoms with Crippen LogP contribution in [0.15, 0.2) is 18.2 Å². The first-order chi connectivity index (χ1) is 8.97. The van der Waals surface area contributed by atoms with Crippen LogP contribution in [-0.2, 0) is 9.53 Å². The van der Waals surface area contributed by atoms with Gasteiger partial charge in [0.05, 0.1) is 6.61 Å². The van der Waals surface area contributed by atoms with Crippen molar-refractivity contribution in [1.82, 2.24) is 0 Å². The van der Waals surface area contributed by atoms with Crippen molar-refractivity contribution in [3.63, 3.8) is 0 Å². The highest BCUT2D eigenvalue weighted by molar-refractivity contribution is 5.81. The van der Waals surface area contributed by atoms with Crippen LogP contribution >= 0.6 is 0 Å². The first kappa shape index (κ1) is 15.0. The molecule has 0 fully saturated rings. The van der Waals surface area contributed by atoms with Gasteiger partial charge in [0, 0.05) is 12.1 Å². The summed E-state index contributed by atoms with van der Waals surface area (Å²) in [5.74, 6) is -8.25. The van der Waals surface area contributed by atoms with Gasteiger partial charge in [-0.25, -0.2) is 13.6 Å². The number of halogens is 4. The van der Waals surface area contributed by atoms with E-state index >= 15 is 0 Å². The molecule has 0 N–H and O–H groups in total. The molecule has 0 saturated carbocycles. The van der Waals surface area contributed by atoms with Crippen molar-refractivity contribution in [2.45, 2.75) is 6.92 Å². The minimum absolute atomic E-state index is 0.0754. The normalized spacial score (nSPS) is 10.8. The van der Waals surface area contributed by atoms with Crippen LogP contribution in [0.5, 0.6) is 5.75 Å². The van der Waals surface area contributed by atoms with Gasteiger partial charge in [-0.15, -0.1) is 0 Å². The second-order valence-corrected chi connectivity index (χ2v) is 3.26. The van der Waals surface area contributed by atoms with Crippen molar-refractivity contribution < 1.29 is 31.8 Å². The lowest BCUT2D eigenvalue weighted by molar-refractivity contribution is -0.137. The molecule has 1 rings (SSSR count). The van der Waals surface area contributed by atoms with Crippen molar-refractivity contribution >= 4 is 5.97 Å². The zero-order valence-electron chi connectivity index (χ0n) is 9.88. The molecule has 0 amide bonds. The highest BCUT2D eigenvalue weighted by Gasteiger charge is 2.20. The van der Waals surface area contributed by atoms with E-state index in [2.05, 4.69) is 9.47 Å². The molecule has 7 heteroatoms. The van der Waals surface area contributed by atoms with Crippen molar-refractivity contribution in [2.75, 3.05) is 13.2 Å². The molecule has 3 nitrogen and oxygen atoms in total. The van der Waals surface area contributed by atoms with Crippen LogP contribution in [0.4, 0.5) is 17.6 Å². The average molecular weight is 278 g/mol. The lowest BCUT2D eigenvalue weighted by atomic mass is 10.3. The summed E-state index contributed by atoms with van der Waals surface area (Å²) in [7, 11) is 0. The Balaban J connectivity index is 2.71. The maximum absolute atomic E-state index is 13.1. The molecule has 0 aliphatic heterocycles. The number of esters is 1. The molecule has 0 saturated heterocycles. The Kier molecular flexibility index (Phi) is 5.35. The van der Waals surface area contributed by atoms with Crippen molar-refractivity contribution in [3.05, 3.63) is 41.5 Å². The molecular formula is C12H10F4O3. The zero-order chi connectivity index (χ0) is 14.4. The Morgan fingerprint density at radius 2 is 1.79 bits per heavy atom. The summed E-state index contributed by atoms with van der Waals surface area (Å²) < 4.78 is 60.9. The van der Waals surface area contributed by atoms with Crippen LogP contribution in [-0.4, -0.2) is 19.2 Å². The third-order valence-corrected chi connectivity index (χ3v) is 1.94. The van der Waals surface area contributed by atoms with Crippen molar-refractivity contribution in [1.29, 1.82) is 0 Å². The Morgan fingerprint density at radius 3 is 2.32 bits per heavy atom. The van der Waals surface area contributed by atoms with E-state index in [1.165, 1.54) is 0 Å². The van der Waals surface area contributed by atoms with Gasteiger partial charge >= 0.3 is 5.97 Å². The van der Waals surface area contributed by atoms with E-state index in [1.807, 2.05) is 0 Å². The Morgan fingerprint density at radius 1 is 1.21 bits per heavy atom. The quantitative estimate of drug-likeness (QED) is 0.359. The summed E-state index contributed by atoms with van der Waals surface area (Å²) in [6.07, 6.45) is 2.06. The predicted molar refractivity (Wildman–Crippen MR) is 57.5 cm³/mol. The summed E-state index contributed by atoms with van der Waals surface area (Å²) in [6.45, 7) is 1.32. The summed E-state index contributed by atoms with van der Waals surface area (Å²) in [4.78, 5) is 10.9. The fourth-order valence-electron chi connectivity index (χ4n) is 1.14. The van der Waals surface area contributed by atoms with E-state index < -0.39 is 41.6 Å². The third-order valence-electron chi connectivity index (χ3n) is 1.94. The van der Waals surface area contributed by atoms with Crippen LogP contribution < -0.4 is 4.74 Å². The maximum Gasteiger partial charge on any atom is 0.330 e. The number of hydrogen-bond acceptors (Lipinski definition) is 3. The maximum atomic E-state index is 13.1. The Hall–Kier alpha value is -2.05. The second-order valence-electron chi connectivity index (χ2n) is 3.26. The van der Waals surface area contributed by atoms with Gasteiger partial charge in [0.1, 0.15) is 6.61 Å². The predicted octanol–water partition coefficient (Wildman–Crippen LogP) is 2.74. The minimum atomic E-state index is -1.64. The number of benzene rings is 1. The standard InChI is InChI=1S/C12H10F4O3/c1-2-18-9(17)4-3-5-19-12-10(15)7(13)6-8(14)11(12)16/h3-4,6H,2,5H2,1H3/b4-3+. The van der Waals surface area contributed by atoms with Crippen LogP contribution in [0.2, 0.25) is 0 Å². The molecule has 0 atom stereocenters. The molecule has 1 aromatic rings. The summed E-state index contributed by atoms with van der Waals surface area (Å²) in [5, 5.41) is 0. The zero-order valence-corrected chi connectivity index (χ0v) is 9.88. The van der Waals surface area contributed by atoms with E-state index in [9.17, 15) is 22.4 Å². The summed E-state index contributed by atoms with van der Waals surface area (Å²) in [5.41, 5.74) is 0. The number of rotatable bonds is 5. The molecule has 0 heterocycles. The molecule has 0 aliphatic rings. The molecular weight excluding hydrogens is 268 g/mol. The van der Waals surface area contributed by atoms with E-state index in [-0.39, 0.29) is 12.7 Å². The van der Waals surface area contributed by atoms with Crippen molar-refractivity contribution in [2.24, 2.45) is 0 Å². The molecule has 1 aromatic carbocycles. The molecule has 0 unspecified atom stereocenters. The van der Waals surface area contributed by atoms with Gasteiger partial charge in [-0.05, 0) is 13.0 Å². The van der Waals surface area contributed by atoms with E-state index in [0.29, 0.717) is 0 Å². The van der Waals surface area contributed by atoms with Gasteiger partial charge in [0.25, 0.3) is 0 Å². The topological polar surface area (TPSA) is 35.5 Å². The van der Waals surface area contributed by atoms with Gasteiger partial charge in [-0.1, -0.05) is 0 Å². The van der Waals surface area contributed by atoms with E-state index in [1.54, 1.807) is 6.92 Å². The molecule has 104 valence electrons. The van der Waals surface area contributed by atoms with Gasteiger partial charge in [-0.2, -0.15) is 8.78 Å².